The van der Waals surface area contributed by atoms with Gasteiger partial charge in [0.05, 0.1) is 6.20 Å². The van der Waals surface area contributed by atoms with E-state index in [1.54, 1.807) is 25.0 Å². The van der Waals surface area contributed by atoms with Crippen molar-refractivity contribution in [3.05, 3.63) is 12.5 Å². The fourth-order valence-corrected chi connectivity index (χ4v) is 1.20. The lowest BCUT2D eigenvalue weighted by atomic mass is 10.4. The molecule has 6 nitrogen and oxygen atoms in total. The molecule has 2 heterocycles. The zero-order valence-corrected chi connectivity index (χ0v) is 7.44. The molecule has 2 aliphatic rings. The average Bonchev–Trinajstić information content (AvgIpc) is 2.63. The summed E-state index contributed by atoms with van der Waals surface area (Å²) in [5, 5.41) is 2.95. The number of aromatic nitrogens is 4. The molecule has 0 radical (unpaired) electrons. The predicted molar refractivity (Wildman–Crippen MR) is 49.3 cm³/mol. The average molecular weight is 178 g/mol. The van der Waals surface area contributed by atoms with Crippen LogP contribution >= 0.6 is 0 Å². The highest BCUT2D eigenvalue weighted by atomic mass is 15.5. The Morgan fingerprint density at radius 3 is 2.77 bits per heavy atom. The molecule has 6 heteroatoms. The van der Waals surface area contributed by atoms with Crippen LogP contribution in [0.1, 0.15) is 0 Å². The molecule has 0 unspecified atom stereocenters. The molecule has 0 spiro atoms. The molecule has 0 aromatic carbocycles. The zero-order chi connectivity index (χ0) is 9.26. The third-order valence-corrected chi connectivity index (χ3v) is 1.79. The fraction of sp³-hybridized carbons (Fsp3) is 0.286. The van der Waals surface area contributed by atoms with Gasteiger partial charge in [0.1, 0.15) is 12.0 Å². The van der Waals surface area contributed by atoms with Crippen LogP contribution in [0.4, 0.5) is 5.95 Å². The van der Waals surface area contributed by atoms with Gasteiger partial charge < -0.3 is 10.7 Å². The minimum atomic E-state index is 0.704. The minimum absolute atomic E-state index is 0.704. The van der Waals surface area contributed by atoms with E-state index in [2.05, 4.69) is 25.7 Å². The summed E-state index contributed by atoms with van der Waals surface area (Å²) >= 11 is 0. The van der Waals surface area contributed by atoms with Crippen molar-refractivity contribution in [2.75, 3.05) is 24.8 Å². The van der Waals surface area contributed by atoms with E-state index in [0.717, 1.165) is 11.5 Å². The van der Waals surface area contributed by atoms with Gasteiger partial charge in [0.2, 0.25) is 5.95 Å². The van der Waals surface area contributed by atoms with E-state index in [9.17, 15) is 0 Å². The van der Waals surface area contributed by atoms with Gasteiger partial charge in [0.25, 0.3) is 0 Å². The highest BCUT2D eigenvalue weighted by Crippen LogP contribution is 2.17. The molecule has 0 fully saturated rings. The van der Waals surface area contributed by atoms with Crippen molar-refractivity contribution in [2.24, 2.45) is 0 Å². The summed E-state index contributed by atoms with van der Waals surface area (Å²) in [6, 6.07) is 0. The molecule has 0 atom stereocenters. The van der Waals surface area contributed by atoms with E-state index in [1.165, 1.54) is 6.33 Å². The largest absolute Gasteiger partial charge is 0.357 e. The Labute approximate surface area is 75.3 Å². The molecule has 2 aliphatic heterocycles. The van der Waals surface area contributed by atoms with Crippen molar-refractivity contribution in [3.63, 3.8) is 0 Å². The van der Waals surface area contributed by atoms with E-state index < -0.39 is 0 Å². The quantitative estimate of drug-likeness (QED) is 0.677. The SMILES string of the molecule is CNc1ncc2ncnc-2n1NC. The maximum absolute atomic E-state index is 4.16. The van der Waals surface area contributed by atoms with Gasteiger partial charge in [-0.3, -0.25) is 0 Å². The Hall–Kier alpha value is -1.85. The number of anilines is 1. The maximum atomic E-state index is 4.16. The summed E-state index contributed by atoms with van der Waals surface area (Å²) in [5.41, 5.74) is 3.74. The molecule has 13 heavy (non-hydrogen) atoms. The molecule has 0 saturated carbocycles. The van der Waals surface area contributed by atoms with E-state index >= 15 is 0 Å². The normalized spacial score (nSPS) is 10.3. The summed E-state index contributed by atoms with van der Waals surface area (Å²) in [6.45, 7) is 0. The van der Waals surface area contributed by atoms with Crippen LogP contribution in [0.15, 0.2) is 12.5 Å². The van der Waals surface area contributed by atoms with Crippen molar-refractivity contribution in [1.82, 2.24) is 19.6 Å². The Kier molecular flexibility index (Phi) is 1.73. The summed E-state index contributed by atoms with van der Waals surface area (Å²) in [7, 11) is 3.61. The number of fused-ring (bicyclic) bond motifs is 1. The first-order chi connectivity index (χ1) is 6.36. The van der Waals surface area contributed by atoms with Crippen LogP contribution in [0, 0.1) is 0 Å². The highest BCUT2D eigenvalue weighted by molar-refractivity contribution is 5.53. The molecule has 0 saturated heterocycles. The van der Waals surface area contributed by atoms with Crippen molar-refractivity contribution < 1.29 is 0 Å². The van der Waals surface area contributed by atoms with E-state index in [4.69, 9.17) is 0 Å². The van der Waals surface area contributed by atoms with Crippen LogP contribution in [0.5, 0.6) is 0 Å². The summed E-state index contributed by atoms with van der Waals surface area (Å²) < 4.78 is 1.74. The monoisotopic (exact) mass is 178 g/mol. The van der Waals surface area contributed by atoms with Gasteiger partial charge in [-0.2, -0.15) is 0 Å². The Morgan fingerprint density at radius 1 is 1.23 bits per heavy atom. The Balaban J connectivity index is 2.66. The van der Waals surface area contributed by atoms with Crippen molar-refractivity contribution in [2.45, 2.75) is 0 Å². The second-order valence-electron chi connectivity index (χ2n) is 2.47. The van der Waals surface area contributed by atoms with E-state index in [0.29, 0.717) is 5.95 Å². The van der Waals surface area contributed by atoms with Crippen LogP contribution in [-0.2, 0) is 0 Å². The van der Waals surface area contributed by atoms with Gasteiger partial charge in [0, 0.05) is 14.1 Å². The molecular formula is C7H10N6. The molecule has 2 N–H and O–H groups in total. The highest BCUT2D eigenvalue weighted by Gasteiger charge is 2.12. The van der Waals surface area contributed by atoms with Gasteiger partial charge >= 0.3 is 0 Å². The lowest BCUT2D eigenvalue weighted by Gasteiger charge is -2.13. The number of imidazole rings is 1. The summed E-state index contributed by atoms with van der Waals surface area (Å²) in [6.07, 6.45) is 3.20. The van der Waals surface area contributed by atoms with Crippen molar-refractivity contribution in [1.29, 1.82) is 0 Å². The second-order valence-corrected chi connectivity index (χ2v) is 2.47. The second kappa shape index (κ2) is 2.89. The molecule has 0 aliphatic carbocycles. The van der Waals surface area contributed by atoms with Crippen LogP contribution in [0.25, 0.3) is 11.5 Å². The molecule has 0 aromatic heterocycles. The first kappa shape index (κ1) is 7.78. The Bertz CT molecular complexity index is 381. The molecule has 0 bridgehead atoms. The standard InChI is InChI=1S/C7H10N6/c1-8-7-10-3-5-6(12-4-11-5)13(7)9-2/h3-4,9H,1-2H3,(H,8,10). The van der Waals surface area contributed by atoms with Crippen LogP contribution < -0.4 is 10.7 Å². The number of hydrogen-bond donors (Lipinski definition) is 2. The molecule has 2 rings (SSSR count). The number of hydrogen-bond acceptors (Lipinski definition) is 5. The minimum Gasteiger partial charge on any atom is -0.357 e. The predicted octanol–water partition coefficient (Wildman–Crippen LogP) is -0.00710. The molecule has 0 aromatic rings. The van der Waals surface area contributed by atoms with Gasteiger partial charge in [-0.1, -0.05) is 0 Å². The van der Waals surface area contributed by atoms with Gasteiger partial charge in [-0.15, -0.1) is 0 Å². The first-order valence-electron chi connectivity index (χ1n) is 3.90. The third kappa shape index (κ3) is 1.07. The van der Waals surface area contributed by atoms with Gasteiger partial charge in [-0.25, -0.2) is 19.6 Å². The van der Waals surface area contributed by atoms with Crippen molar-refractivity contribution >= 4 is 5.95 Å². The van der Waals surface area contributed by atoms with Crippen LogP contribution in [-0.4, -0.2) is 33.7 Å². The zero-order valence-electron chi connectivity index (χ0n) is 7.44. The fourth-order valence-electron chi connectivity index (χ4n) is 1.20. The lowest BCUT2D eigenvalue weighted by molar-refractivity contribution is 0.871. The number of nitrogens with one attached hydrogen (secondary N) is 2. The van der Waals surface area contributed by atoms with Crippen LogP contribution in [0.2, 0.25) is 0 Å². The summed E-state index contributed by atoms with van der Waals surface area (Å²) in [4.78, 5) is 12.3. The number of nitrogens with zero attached hydrogens (tertiary/aromatic N) is 4. The van der Waals surface area contributed by atoms with E-state index in [1.807, 2.05) is 0 Å². The third-order valence-electron chi connectivity index (χ3n) is 1.79. The Morgan fingerprint density at radius 2 is 2.08 bits per heavy atom. The lowest BCUT2D eigenvalue weighted by Crippen LogP contribution is -2.18. The smallest absolute Gasteiger partial charge is 0.223 e. The molecule has 0 amide bonds. The van der Waals surface area contributed by atoms with Crippen molar-refractivity contribution in [3.8, 4) is 11.5 Å². The number of rotatable bonds is 2. The summed E-state index contributed by atoms with van der Waals surface area (Å²) in [5.74, 6) is 1.47. The molecule has 68 valence electrons. The molecular weight excluding hydrogens is 168 g/mol. The maximum Gasteiger partial charge on any atom is 0.223 e. The van der Waals surface area contributed by atoms with Crippen LogP contribution in [0.3, 0.4) is 0 Å². The first-order valence-corrected chi connectivity index (χ1v) is 3.90. The van der Waals surface area contributed by atoms with Gasteiger partial charge in [0.15, 0.2) is 5.82 Å². The van der Waals surface area contributed by atoms with Gasteiger partial charge in [-0.05, 0) is 0 Å². The topological polar surface area (TPSA) is 67.7 Å². The van der Waals surface area contributed by atoms with E-state index in [-0.39, 0.29) is 0 Å².